The summed E-state index contributed by atoms with van der Waals surface area (Å²) in [5.74, 6) is 0.0323. The van der Waals surface area contributed by atoms with Crippen molar-refractivity contribution in [2.75, 3.05) is 26.2 Å². The number of carbonyl (C=O) groups excluding carboxylic acids is 1. The Morgan fingerprint density at radius 3 is 2.67 bits per heavy atom. The zero-order chi connectivity index (χ0) is 14.5. The molecule has 0 spiro atoms. The van der Waals surface area contributed by atoms with Gasteiger partial charge in [-0.15, -0.1) is 12.4 Å². The maximum absolute atomic E-state index is 13.8. The van der Waals surface area contributed by atoms with Crippen LogP contribution in [-0.4, -0.2) is 37.0 Å². The summed E-state index contributed by atoms with van der Waals surface area (Å²) < 4.78 is 13.8. The van der Waals surface area contributed by atoms with Crippen LogP contribution in [0.1, 0.15) is 35.7 Å². The highest BCUT2D eigenvalue weighted by Gasteiger charge is 2.25. The second-order valence-corrected chi connectivity index (χ2v) is 5.53. The van der Waals surface area contributed by atoms with Crippen molar-refractivity contribution in [3.05, 3.63) is 35.1 Å². The van der Waals surface area contributed by atoms with Gasteiger partial charge in [0.15, 0.2) is 0 Å². The van der Waals surface area contributed by atoms with Crippen molar-refractivity contribution in [1.29, 1.82) is 0 Å². The van der Waals surface area contributed by atoms with E-state index in [0.717, 1.165) is 44.6 Å². The molecule has 0 saturated carbocycles. The Labute approximate surface area is 132 Å². The lowest BCUT2D eigenvalue weighted by molar-refractivity contribution is 0.0685. The maximum atomic E-state index is 13.8. The molecule has 1 amide bonds. The number of hydrogen-bond acceptors (Lipinski definition) is 2. The van der Waals surface area contributed by atoms with Gasteiger partial charge in [-0.2, -0.15) is 0 Å². The Morgan fingerprint density at radius 2 is 2.05 bits per heavy atom. The van der Waals surface area contributed by atoms with E-state index in [9.17, 15) is 9.18 Å². The first kappa shape index (κ1) is 17.9. The summed E-state index contributed by atoms with van der Waals surface area (Å²) in [7, 11) is 0. The summed E-state index contributed by atoms with van der Waals surface area (Å²) in [5.41, 5.74) is 1.12. The average molecular weight is 315 g/mol. The molecule has 5 heteroatoms. The van der Waals surface area contributed by atoms with Gasteiger partial charge < -0.3 is 10.2 Å². The van der Waals surface area contributed by atoms with Crippen molar-refractivity contribution >= 4 is 18.3 Å². The highest BCUT2D eigenvalue weighted by atomic mass is 35.5. The lowest BCUT2D eigenvalue weighted by atomic mass is 9.96. The van der Waals surface area contributed by atoms with E-state index in [0.29, 0.717) is 5.92 Å². The molecule has 0 aromatic heterocycles. The van der Waals surface area contributed by atoms with Crippen LogP contribution in [-0.2, 0) is 0 Å². The van der Waals surface area contributed by atoms with Crippen molar-refractivity contribution in [2.24, 2.45) is 5.92 Å². The van der Waals surface area contributed by atoms with Crippen LogP contribution in [0.5, 0.6) is 0 Å². The number of benzene rings is 1. The molecule has 1 fully saturated rings. The zero-order valence-corrected chi connectivity index (χ0v) is 13.5. The molecule has 3 nitrogen and oxygen atoms in total. The summed E-state index contributed by atoms with van der Waals surface area (Å²) >= 11 is 0. The highest BCUT2D eigenvalue weighted by molar-refractivity contribution is 5.94. The minimum absolute atomic E-state index is 0. The summed E-state index contributed by atoms with van der Waals surface area (Å²) in [5, 5.41) is 3.35. The molecular weight excluding hydrogens is 291 g/mol. The van der Waals surface area contributed by atoms with Gasteiger partial charge in [-0.25, -0.2) is 4.39 Å². The van der Waals surface area contributed by atoms with Gasteiger partial charge in [0.1, 0.15) is 5.82 Å². The van der Waals surface area contributed by atoms with E-state index in [1.165, 1.54) is 6.07 Å². The van der Waals surface area contributed by atoms with Gasteiger partial charge in [-0.05, 0) is 50.9 Å². The molecule has 1 heterocycles. The maximum Gasteiger partial charge on any atom is 0.256 e. The van der Waals surface area contributed by atoms with Crippen LogP contribution in [0.4, 0.5) is 4.39 Å². The first-order valence-corrected chi connectivity index (χ1v) is 7.38. The van der Waals surface area contributed by atoms with E-state index < -0.39 is 5.82 Å². The van der Waals surface area contributed by atoms with E-state index in [1.807, 2.05) is 6.92 Å². The van der Waals surface area contributed by atoms with E-state index in [2.05, 4.69) is 12.2 Å². The van der Waals surface area contributed by atoms with Crippen LogP contribution >= 0.6 is 12.4 Å². The number of hydrogen-bond donors (Lipinski definition) is 1. The Bertz CT molecular complexity index is 473. The second kappa shape index (κ2) is 8.35. The second-order valence-electron chi connectivity index (χ2n) is 5.53. The highest BCUT2D eigenvalue weighted by Crippen LogP contribution is 2.20. The van der Waals surface area contributed by atoms with Crippen LogP contribution in [0, 0.1) is 18.7 Å². The van der Waals surface area contributed by atoms with Crippen molar-refractivity contribution in [1.82, 2.24) is 10.2 Å². The van der Waals surface area contributed by atoms with Gasteiger partial charge in [0.25, 0.3) is 5.91 Å². The number of carbonyl (C=O) groups is 1. The predicted octanol–water partition coefficient (Wildman–Crippen LogP) is 3.02. The Hall–Kier alpha value is -1.13. The number of amides is 1. The van der Waals surface area contributed by atoms with Gasteiger partial charge in [0.2, 0.25) is 0 Å². The van der Waals surface area contributed by atoms with Crippen LogP contribution in [0.3, 0.4) is 0 Å². The molecule has 1 aliphatic rings. The summed E-state index contributed by atoms with van der Waals surface area (Å²) in [4.78, 5) is 14.1. The first-order chi connectivity index (χ1) is 9.61. The van der Waals surface area contributed by atoms with E-state index in [4.69, 9.17) is 0 Å². The molecule has 2 rings (SSSR count). The summed E-state index contributed by atoms with van der Waals surface area (Å²) in [6, 6.07) is 4.71. The smallest absolute Gasteiger partial charge is 0.256 e. The molecule has 1 aliphatic heterocycles. The first-order valence-electron chi connectivity index (χ1n) is 7.38. The fourth-order valence-electron chi connectivity index (χ4n) is 2.66. The number of nitrogens with one attached hydrogen (secondary N) is 1. The molecule has 21 heavy (non-hydrogen) atoms. The molecule has 0 bridgehead atoms. The van der Waals surface area contributed by atoms with Gasteiger partial charge >= 0.3 is 0 Å². The summed E-state index contributed by atoms with van der Waals surface area (Å²) in [6.07, 6.45) is 1.98. The summed E-state index contributed by atoms with van der Waals surface area (Å²) in [6.45, 7) is 7.41. The third-order valence-electron chi connectivity index (χ3n) is 3.94. The minimum atomic E-state index is -0.421. The molecular formula is C16H24ClFN2O. The van der Waals surface area contributed by atoms with E-state index in [1.54, 1.807) is 17.0 Å². The largest absolute Gasteiger partial charge is 0.339 e. The fraction of sp³-hybridized carbons (Fsp3) is 0.562. The number of piperidine rings is 1. The normalized spacial score (nSPS) is 15.7. The number of likely N-dealkylation sites (tertiary alicyclic amines) is 1. The van der Waals surface area contributed by atoms with Crippen molar-refractivity contribution in [3.63, 3.8) is 0 Å². The number of nitrogens with zero attached hydrogens (tertiary/aromatic N) is 1. The third kappa shape index (κ3) is 4.68. The van der Waals surface area contributed by atoms with Crippen LogP contribution in [0.25, 0.3) is 0 Å². The molecule has 1 aromatic rings. The number of halogens is 2. The fourth-order valence-corrected chi connectivity index (χ4v) is 2.66. The Kier molecular flexibility index (Phi) is 7.12. The van der Waals surface area contributed by atoms with Crippen molar-refractivity contribution in [3.8, 4) is 0 Å². The molecule has 1 saturated heterocycles. The molecule has 1 aromatic carbocycles. The predicted molar refractivity (Wildman–Crippen MR) is 85.6 cm³/mol. The van der Waals surface area contributed by atoms with Gasteiger partial charge in [0, 0.05) is 13.1 Å². The lowest BCUT2D eigenvalue weighted by Gasteiger charge is -2.32. The Balaban J connectivity index is 0.00000220. The van der Waals surface area contributed by atoms with Crippen molar-refractivity contribution in [2.45, 2.75) is 26.7 Å². The topological polar surface area (TPSA) is 32.3 Å². The molecule has 0 aliphatic carbocycles. The van der Waals surface area contributed by atoms with E-state index >= 15 is 0 Å². The SMILES string of the molecule is CCNCC1CCN(C(=O)c2cc(C)ccc2F)CC1.Cl. The zero-order valence-electron chi connectivity index (χ0n) is 12.7. The molecule has 0 atom stereocenters. The Morgan fingerprint density at radius 1 is 1.38 bits per heavy atom. The quantitative estimate of drug-likeness (QED) is 0.926. The van der Waals surface area contributed by atoms with E-state index in [-0.39, 0.29) is 23.9 Å². The molecule has 0 unspecified atom stereocenters. The van der Waals surface area contributed by atoms with Crippen LogP contribution < -0.4 is 5.32 Å². The van der Waals surface area contributed by atoms with Gasteiger partial charge in [-0.3, -0.25) is 4.79 Å². The van der Waals surface area contributed by atoms with Crippen LogP contribution in [0.15, 0.2) is 18.2 Å². The standard InChI is InChI=1S/C16H23FN2O.ClH/c1-3-18-11-13-6-8-19(9-7-13)16(20)14-10-12(2)4-5-15(14)17;/h4-5,10,13,18H,3,6-9,11H2,1-2H3;1H. The molecule has 1 N–H and O–H groups in total. The average Bonchev–Trinajstić information content (AvgIpc) is 2.47. The van der Waals surface area contributed by atoms with Crippen molar-refractivity contribution < 1.29 is 9.18 Å². The van der Waals surface area contributed by atoms with Gasteiger partial charge in [-0.1, -0.05) is 18.6 Å². The van der Waals surface area contributed by atoms with Crippen LogP contribution in [0.2, 0.25) is 0 Å². The lowest BCUT2D eigenvalue weighted by Crippen LogP contribution is -2.41. The molecule has 118 valence electrons. The monoisotopic (exact) mass is 314 g/mol. The third-order valence-corrected chi connectivity index (χ3v) is 3.94. The number of aryl methyl sites for hydroxylation is 1. The number of rotatable bonds is 4. The molecule has 0 radical (unpaired) electrons. The minimum Gasteiger partial charge on any atom is -0.339 e. The van der Waals surface area contributed by atoms with Gasteiger partial charge in [0.05, 0.1) is 5.56 Å².